The van der Waals surface area contributed by atoms with Crippen LogP contribution >= 0.6 is 0 Å². The van der Waals surface area contributed by atoms with Crippen LogP contribution in [0.1, 0.15) is 35.4 Å². The number of aromatic nitrogens is 3. The van der Waals surface area contributed by atoms with Crippen LogP contribution in [0.4, 0.5) is 0 Å². The summed E-state index contributed by atoms with van der Waals surface area (Å²) in [5.41, 5.74) is 3.91. The highest BCUT2D eigenvalue weighted by molar-refractivity contribution is 5.79. The van der Waals surface area contributed by atoms with Crippen LogP contribution in [0.5, 0.6) is 0 Å². The number of aryl methyl sites for hydroxylation is 2. The molecule has 0 saturated heterocycles. The average Bonchev–Trinajstić information content (AvgIpc) is 2.84. The normalized spacial score (nSPS) is 21.1. The topological polar surface area (TPSA) is 90.9 Å². The van der Waals surface area contributed by atoms with Gasteiger partial charge in [-0.25, -0.2) is 0 Å². The van der Waals surface area contributed by atoms with Gasteiger partial charge < -0.3 is 10.4 Å². The van der Waals surface area contributed by atoms with Crippen molar-refractivity contribution in [2.75, 3.05) is 0 Å². The molecule has 24 heavy (non-hydrogen) atoms. The van der Waals surface area contributed by atoms with Gasteiger partial charge in [0.25, 0.3) is 0 Å². The molecule has 0 spiro atoms. The zero-order valence-electron chi connectivity index (χ0n) is 14.1. The van der Waals surface area contributed by atoms with Gasteiger partial charge in [0.2, 0.25) is 5.91 Å². The third-order valence-corrected chi connectivity index (χ3v) is 4.89. The van der Waals surface area contributed by atoms with Crippen LogP contribution in [0.15, 0.2) is 24.5 Å². The Bertz CT molecular complexity index is 673. The maximum Gasteiger partial charge on any atom is 0.224 e. The fraction of sp³-hybridized carbons (Fsp3) is 0.500. The molecule has 1 aliphatic carbocycles. The molecule has 3 rings (SSSR count). The van der Waals surface area contributed by atoms with Crippen molar-refractivity contribution in [3.63, 3.8) is 0 Å². The first kappa shape index (κ1) is 16.6. The van der Waals surface area contributed by atoms with Gasteiger partial charge in [-0.1, -0.05) is 0 Å². The van der Waals surface area contributed by atoms with Crippen molar-refractivity contribution < 1.29 is 9.90 Å². The van der Waals surface area contributed by atoms with Crippen LogP contribution in [-0.2, 0) is 17.6 Å². The molecule has 0 aliphatic heterocycles. The Morgan fingerprint density at radius 1 is 1.38 bits per heavy atom. The molecule has 6 nitrogen and oxygen atoms in total. The summed E-state index contributed by atoms with van der Waals surface area (Å²) in [5, 5.41) is 19.8. The fourth-order valence-electron chi connectivity index (χ4n) is 3.32. The number of hydrogen-bond donors (Lipinski definition) is 3. The Morgan fingerprint density at radius 3 is 2.67 bits per heavy atom. The second-order valence-electron chi connectivity index (χ2n) is 6.71. The second kappa shape index (κ2) is 7.13. The predicted octanol–water partition coefficient (Wildman–Crippen LogP) is 1.46. The summed E-state index contributed by atoms with van der Waals surface area (Å²) in [5.74, 6) is 0.326. The Kier molecular flexibility index (Phi) is 4.94. The van der Waals surface area contributed by atoms with E-state index in [2.05, 4.69) is 20.5 Å². The zero-order valence-corrected chi connectivity index (χ0v) is 14.1. The van der Waals surface area contributed by atoms with E-state index in [9.17, 15) is 9.90 Å². The Morgan fingerprint density at radius 2 is 2.08 bits per heavy atom. The van der Waals surface area contributed by atoms with E-state index in [1.54, 1.807) is 12.4 Å². The lowest BCUT2D eigenvalue weighted by Crippen LogP contribution is -2.48. The summed E-state index contributed by atoms with van der Waals surface area (Å²) >= 11 is 0. The number of carbonyl (C=O) groups excluding carboxylic acids is 1. The third kappa shape index (κ3) is 3.82. The average molecular weight is 328 g/mol. The van der Waals surface area contributed by atoms with E-state index < -0.39 is 0 Å². The van der Waals surface area contributed by atoms with E-state index in [0.717, 1.165) is 41.8 Å². The molecule has 1 saturated carbocycles. The summed E-state index contributed by atoms with van der Waals surface area (Å²) in [4.78, 5) is 16.6. The summed E-state index contributed by atoms with van der Waals surface area (Å²) in [6.07, 6.45) is 5.89. The smallest absolute Gasteiger partial charge is 0.224 e. The number of carbonyl (C=O) groups is 1. The molecule has 0 bridgehead atoms. The molecule has 0 radical (unpaired) electrons. The minimum absolute atomic E-state index is 0.00282. The van der Waals surface area contributed by atoms with Crippen molar-refractivity contribution in [3.8, 4) is 0 Å². The number of pyridine rings is 1. The number of hydrogen-bond acceptors (Lipinski definition) is 4. The highest BCUT2D eigenvalue weighted by atomic mass is 16.3. The van der Waals surface area contributed by atoms with Gasteiger partial charge in [0.05, 0.1) is 18.2 Å². The van der Waals surface area contributed by atoms with Gasteiger partial charge in [-0.15, -0.1) is 0 Å². The largest absolute Gasteiger partial charge is 0.393 e. The summed E-state index contributed by atoms with van der Waals surface area (Å²) in [7, 11) is 0. The number of nitrogens with one attached hydrogen (secondary N) is 2. The molecule has 6 heteroatoms. The lowest BCUT2D eigenvalue weighted by Gasteiger charge is -2.38. The van der Waals surface area contributed by atoms with Gasteiger partial charge in [-0.05, 0) is 56.7 Å². The first-order valence-electron chi connectivity index (χ1n) is 8.39. The van der Waals surface area contributed by atoms with Gasteiger partial charge in [0.15, 0.2) is 0 Å². The van der Waals surface area contributed by atoms with Gasteiger partial charge in [0.1, 0.15) is 0 Å². The standard InChI is InChI=1S/C18H24N4O2/c1-11-16(12(2)22-21-11)10-18(24)20-17(14-8-15(23)9-14)7-13-3-5-19-6-4-13/h3-6,14-15,17,23H,7-10H2,1-2H3,(H,20,24)(H,21,22)/t14?,15?,17-/m0/s1. The van der Waals surface area contributed by atoms with E-state index in [0.29, 0.717) is 12.3 Å². The first-order valence-corrected chi connectivity index (χ1v) is 8.39. The summed E-state index contributed by atoms with van der Waals surface area (Å²) < 4.78 is 0. The Balaban J connectivity index is 1.66. The first-order chi connectivity index (χ1) is 11.5. The van der Waals surface area contributed by atoms with Crippen LogP contribution in [-0.4, -0.2) is 38.3 Å². The third-order valence-electron chi connectivity index (χ3n) is 4.89. The van der Waals surface area contributed by atoms with Crippen LogP contribution in [0.25, 0.3) is 0 Å². The number of rotatable bonds is 6. The number of aliphatic hydroxyl groups is 1. The minimum Gasteiger partial charge on any atom is -0.393 e. The van der Waals surface area contributed by atoms with Crippen molar-refractivity contribution in [1.29, 1.82) is 0 Å². The van der Waals surface area contributed by atoms with Crippen molar-refractivity contribution >= 4 is 5.91 Å². The monoisotopic (exact) mass is 328 g/mol. The number of nitrogens with zero attached hydrogens (tertiary/aromatic N) is 2. The van der Waals surface area contributed by atoms with E-state index >= 15 is 0 Å². The highest BCUT2D eigenvalue weighted by Crippen LogP contribution is 2.31. The molecule has 2 aromatic heterocycles. The molecule has 1 fully saturated rings. The summed E-state index contributed by atoms with van der Waals surface area (Å²) in [6.45, 7) is 3.84. The molecule has 2 aromatic rings. The van der Waals surface area contributed by atoms with E-state index in [1.165, 1.54) is 0 Å². The van der Waals surface area contributed by atoms with Crippen LogP contribution in [0.2, 0.25) is 0 Å². The molecule has 1 aliphatic rings. The van der Waals surface area contributed by atoms with Crippen LogP contribution in [0, 0.1) is 19.8 Å². The minimum atomic E-state index is -0.231. The van der Waals surface area contributed by atoms with E-state index in [4.69, 9.17) is 0 Å². The molecule has 3 N–H and O–H groups in total. The molecule has 1 amide bonds. The van der Waals surface area contributed by atoms with Crippen LogP contribution < -0.4 is 5.32 Å². The lowest BCUT2D eigenvalue weighted by atomic mass is 9.75. The number of H-pyrrole nitrogens is 1. The molecule has 2 heterocycles. The van der Waals surface area contributed by atoms with E-state index in [1.807, 2.05) is 26.0 Å². The predicted molar refractivity (Wildman–Crippen MR) is 90.4 cm³/mol. The number of amides is 1. The molecule has 0 unspecified atom stereocenters. The second-order valence-corrected chi connectivity index (χ2v) is 6.71. The molecule has 128 valence electrons. The summed E-state index contributed by atoms with van der Waals surface area (Å²) in [6, 6.07) is 3.98. The van der Waals surface area contributed by atoms with Gasteiger partial charge in [-0.2, -0.15) is 5.10 Å². The van der Waals surface area contributed by atoms with Crippen molar-refractivity contribution in [3.05, 3.63) is 47.0 Å². The maximum atomic E-state index is 12.5. The molecule has 0 aromatic carbocycles. The fourth-order valence-corrected chi connectivity index (χ4v) is 3.32. The lowest BCUT2D eigenvalue weighted by molar-refractivity contribution is -0.122. The van der Waals surface area contributed by atoms with Crippen LogP contribution in [0.3, 0.4) is 0 Å². The Labute approximate surface area is 141 Å². The van der Waals surface area contributed by atoms with E-state index in [-0.39, 0.29) is 18.1 Å². The maximum absolute atomic E-state index is 12.5. The number of aromatic amines is 1. The SMILES string of the molecule is Cc1n[nH]c(C)c1CC(=O)N[C@@H](Cc1ccncc1)C1CC(O)C1. The van der Waals surface area contributed by atoms with Gasteiger partial charge in [-0.3, -0.25) is 14.9 Å². The number of aliphatic hydroxyl groups excluding tert-OH is 1. The molecular formula is C18H24N4O2. The molecular weight excluding hydrogens is 304 g/mol. The van der Waals surface area contributed by atoms with Crippen molar-refractivity contribution in [2.24, 2.45) is 5.92 Å². The quantitative estimate of drug-likeness (QED) is 0.749. The van der Waals surface area contributed by atoms with Crippen molar-refractivity contribution in [2.45, 2.75) is 51.7 Å². The highest BCUT2D eigenvalue weighted by Gasteiger charge is 2.34. The Hall–Kier alpha value is -2.21. The zero-order chi connectivity index (χ0) is 17.1. The van der Waals surface area contributed by atoms with Crippen molar-refractivity contribution in [1.82, 2.24) is 20.5 Å². The molecule has 1 atom stereocenters. The van der Waals surface area contributed by atoms with Gasteiger partial charge >= 0.3 is 0 Å². The van der Waals surface area contributed by atoms with Gasteiger partial charge in [0, 0.05) is 29.7 Å².